The van der Waals surface area contributed by atoms with Gasteiger partial charge in [0, 0.05) is 12.8 Å². The summed E-state index contributed by atoms with van der Waals surface area (Å²) in [6, 6.07) is 0. The van der Waals surface area contributed by atoms with Crippen molar-refractivity contribution in [3.63, 3.8) is 0 Å². The standard InChI is InChI=1S/C41H68O5/c1-3-5-7-9-11-13-15-17-19-20-22-24-26-28-30-32-34-36-41(44)46-39(37-42)38-45-40(43)35-33-31-29-27-25-23-21-18-16-14-12-10-8-6-4-2/h6,8,11-14,17-19,21-22,24,39,42H,3-5,7,9-10,15-16,20,23,25-38H2,1-2H3. The van der Waals surface area contributed by atoms with E-state index >= 15 is 0 Å². The predicted molar refractivity (Wildman–Crippen MR) is 196 cm³/mol. The molecule has 0 bridgehead atoms. The van der Waals surface area contributed by atoms with Gasteiger partial charge in [-0.15, -0.1) is 0 Å². The summed E-state index contributed by atoms with van der Waals surface area (Å²) in [5, 5.41) is 9.53. The van der Waals surface area contributed by atoms with E-state index in [1.165, 1.54) is 32.1 Å². The van der Waals surface area contributed by atoms with E-state index in [0.29, 0.717) is 12.8 Å². The molecule has 0 aliphatic heterocycles. The fraction of sp³-hybridized carbons (Fsp3) is 0.659. The molecule has 0 aliphatic carbocycles. The highest BCUT2D eigenvalue weighted by atomic mass is 16.6. The van der Waals surface area contributed by atoms with E-state index in [4.69, 9.17) is 9.47 Å². The monoisotopic (exact) mass is 641 g/mol. The molecule has 1 N–H and O–H groups in total. The largest absolute Gasteiger partial charge is 0.462 e. The zero-order valence-corrected chi connectivity index (χ0v) is 29.6. The van der Waals surface area contributed by atoms with Crippen LogP contribution in [0, 0.1) is 0 Å². The number of esters is 2. The summed E-state index contributed by atoms with van der Waals surface area (Å²) >= 11 is 0. The molecule has 0 spiro atoms. The first-order valence-electron chi connectivity index (χ1n) is 18.5. The smallest absolute Gasteiger partial charge is 0.306 e. The van der Waals surface area contributed by atoms with Crippen molar-refractivity contribution >= 4 is 11.9 Å². The second-order valence-corrected chi connectivity index (χ2v) is 11.9. The molecule has 5 heteroatoms. The molecule has 0 radical (unpaired) electrons. The third-order valence-corrected chi connectivity index (χ3v) is 7.48. The molecule has 0 aliphatic rings. The zero-order chi connectivity index (χ0) is 33.6. The summed E-state index contributed by atoms with van der Waals surface area (Å²) in [5.41, 5.74) is 0. The fourth-order valence-corrected chi connectivity index (χ4v) is 4.69. The topological polar surface area (TPSA) is 72.8 Å². The Balaban J connectivity index is 3.67. The van der Waals surface area contributed by atoms with Crippen LogP contribution in [0.5, 0.6) is 0 Å². The number of carbonyl (C=O) groups is 2. The minimum absolute atomic E-state index is 0.0880. The second kappa shape index (κ2) is 36.8. The van der Waals surface area contributed by atoms with Gasteiger partial charge in [0.05, 0.1) is 6.61 Å². The van der Waals surface area contributed by atoms with Gasteiger partial charge in [-0.1, -0.05) is 132 Å². The van der Waals surface area contributed by atoms with Crippen molar-refractivity contribution in [2.45, 2.75) is 161 Å². The number of aliphatic hydroxyl groups excluding tert-OH is 1. The van der Waals surface area contributed by atoms with Gasteiger partial charge in [0.25, 0.3) is 0 Å². The van der Waals surface area contributed by atoms with Crippen LogP contribution in [0.2, 0.25) is 0 Å². The molecule has 0 fully saturated rings. The van der Waals surface area contributed by atoms with Crippen molar-refractivity contribution in [2.75, 3.05) is 13.2 Å². The first kappa shape index (κ1) is 43.3. The molecule has 46 heavy (non-hydrogen) atoms. The molecule has 262 valence electrons. The van der Waals surface area contributed by atoms with Crippen molar-refractivity contribution in [3.05, 3.63) is 72.9 Å². The van der Waals surface area contributed by atoms with Gasteiger partial charge >= 0.3 is 11.9 Å². The Bertz CT molecular complexity index is 864. The number of rotatable bonds is 32. The minimum atomic E-state index is -0.793. The van der Waals surface area contributed by atoms with E-state index in [9.17, 15) is 14.7 Å². The van der Waals surface area contributed by atoms with Crippen LogP contribution in [0.1, 0.15) is 155 Å². The molecule has 0 saturated carbocycles. The van der Waals surface area contributed by atoms with Crippen LogP contribution in [0.3, 0.4) is 0 Å². The Morgan fingerprint density at radius 1 is 0.522 bits per heavy atom. The van der Waals surface area contributed by atoms with E-state index in [-0.39, 0.29) is 25.2 Å². The molecular formula is C41H68O5. The molecule has 0 aromatic carbocycles. The maximum Gasteiger partial charge on any atom is 0.306 e. The normalized spacial score (nSPS) is 13.0. The zero-order valence-electron chi connectivity index (χ0n) is 29.6. The lowest BCUT2D eigenvalue weighted by atomic mass is 10.1. The second-order valence-electron chi connectivity index (χ2n) is 11.9. The van der Waals surface area contributed by atoms with E-state index < -0.39 is 6.10 Å². The van der Waals surface area contributed by atoms with Gasteiger partial charge in [-0.05, 0) is 83.5 Å². The number of unbranched alkanes of at least 4 members (excludes halogenated alkanes) is 12. The van der Waals surface area contributed by atoms with Crippen LogP contribution >= 0.6 is 0 Å². The first-order chi connectivity index (χ1) is 22.6. The summed E-state index contributed by atoms with van der Waals surface area (Å²) in [6.07, 6.45) is 48.1. The number of hydrogen-bond donors (Lipinski definition) is 1. The minimum Gasteiger partial charge on any atom is -0.462 e. The molecule has 0 saturated heterocycles. The van der Waals surface area contributed by atoms with Gasteiger partial charge in [-0.25, -0.2) is 0 Å². The summed E-state index contributed by atoms with van der Waals surface area (Å²) in [5.74, 6) is -0.644. The third-order valence-electron chi connectivity index (χ3n) is 7.48. The Kier molecular flexibility index (Phi) is 34.7. The van der Waals surface area contributed by atoms with Gasteiger partial charge in [-0.3, -0.25) is 9.59 Å². The molecular weight excluding hydrogens is 572 g/mol. The van der Waals surface area contributed by atoms with Crippen molar-refractivity contribution < 1.29 is 24.2 Å². The lowest BCUT2D eigenvalue weighted by molar-refractivity contribution is -0.161. The van der Waals surface area contributed by atoms with Gasteiger partial charge in [0.15, 0.2) is 6.10 Å². The average Bonchev–Trinajstić information content (AvgIpc) is 3.06. The summed E-state index contributed by atoms with van der Waals surface area (Å²) < 4.78 is 10.6. The van der Waals surface area contributed by atoms with E-state index in [1.54, 1.807) is 0 Å². The van der Waals surface area contributed by atoms with Crippen molar-refractivity contribution in [1.82, 2.24) is 0 Å². The van der Waals surface area contributed by atoms with Crippen LogP contribution in [-0.4, -0.2) is 36.4 Å². The molecule has 0 heterocycles. The summed E-state index contributed by atoms with van der Waals surface area (Å²) in [4.78, 5) is 24.2. The molecule has 0 amide bonds. The number of carbonyl (C=O) groups excluding carboxylic acids is 2. The van der Waals surface area contributed by atoms with Gasteiger partial charge < -0.3 is 14.6 Å². The number of ether oxygens (including phenoxy) is 2. The van der Waals surface area contributed by atoms with E-state index in [2.05, 4.69) is 86.8 Å². The molecule has 1 unspecified atom stereocenters. The van der Waals surface area contributed by atoms with Gasteiger partial charge in [-0.2, -0.15) is 0 Å². The lowest BCUT2D eigenvalue weighted by Crippen LogP contribution is -2.28. The maximum absolute atomic E-state index is 12.1. The lowest BCUT2D eigenvalue weighted by Gasteiger charge is -2.15. The van der Waals surface area contributed by atoms with Gasteiger partial charge in [0.2, 0.25) is 0 Å². The molecule has 0 rings (SSSR count). The highest BCUT2D eigenvalue weighted by Gasteiger charge is 2.16. The summed E-state index contributed by atoms with van der Waals surface area (Å²) in [6.45, 7) is 3.94. The Labute approximate surface area is 283 Å². The highest BCUT2D eigenvalue weighted by Crippen LogP contribution is 2.10. The quantitative estimate of drug-likeness (QED) is 0.0450. The van der Waals surface area contributed by atoms with Crippen molar-refractivity contribution in [1.29, 1.82) is 0 Å². The van der Waals surface area contributed by atoms with Crippen LogP contribution in [0.4, 0.5) is 0 Å². The maximum atomic E-state index is 12.1. The first-order valence-corrected chi connectivity index (χ1v) is 18.5. The summed E-state index contributed by atoms with van der Waals surface area (Å²) in [7, 11) is 0. The highest BCUT2D eigenvalue weighted by molar-refractivity contribution is 5.70. The Hall–Kier alpha value is -2.66. The molecule has 0 aromatic rings. The number of aliphatic hydroxyl groups is 1. The Morgan fingerprint density at radius 2 is 0.935 bits per heavy atom. The van der Waals surface area contributed by atoms with Crippen LogP contribution in [-0.2, 0) is 19.1 Å². The van der Waals surface area contributed by atoms with E-state index in [0.717, 1.165) is 96.3 Å². The van der Waals surface area contributed by atoms with Gasteiger partial charge in [0.1, 0.15) is 6.61 Å². The van der Waals surface area contributed by atoms with Crippen molar-refractivity contribution in [3.8, 4) is 0 Å². The number of allylic oxidation sites excluding steroid dienone is 12. The van der Waals surface area contributed by atoms with Crippen molar-refractivity contribution in [2.24, 2.45) is 0 Å². The average molecular weight is 641 g/mol. The predicted octanol–water partition coefficient (Wildman–Crippen LogP) is 11.4. The molecule has 1 atom stereocenters. The van der Waals surface area contributed by atoms with Crippen LogP contribution in [0.25, 0.3) is 0 Å². The number of hydrogen-bond acceptors (Lipinski definition) is 5. The van der Waals surface area contributed by atoms with E-state index in [1.807, 2.05) is 0 Å². The van der Waals surface area contributed by atoms with Crippen LogP contribution < -0.4 is 0 Å². The van der Waals surface area contributed by atoms with Crippen LogP contribution in [0.15, 0.2) is 72.9 Å². The molecule has 5 nitrogen and oxygen atoms in total. The Morgan fingerprint density at radius 3 is 1.41 bits per heavy atom. The SMILES string of the molecule is CCC=CCC=CCC=CCCCCCCCC(=O)OCC(CO)OC(=O)CCCCCCC=CCC=CCC=CCCCCC. The third kappa shape index (κ3) is 34.2. The fourth-order valence-electron chi connectivity index (χ4n) is 4.69. The molecule has 0 aromatic heterocycles.